The number of hydrogen-bond acceptors (Lipinski definition) is 4. The molecular formula is C25H20N2O3. The van der Waals surface area contributed by atoms with Crippen molar-refractivity contribution >= 4 is 10.8 Å². The van der Waals surface area contributed by atoms with Crippen LogP contribution in [0.3, 0.4) is 0 Å². The van der Waals surface area contributed by atoms with E-state index in [1.54, 1.807) is 6.07 Å². The first kappa shape index (κ1) is 17.3. The highest BCUT2D eigenvalue weighted by atomic mass is 16.5. The van der Waals surface area contributed by atoms with Crippen molar-refractivity contribution in [3.05, 3.63) is 90.0 Å². The third-order valence-corrected chi connectivity index (χ3v) is 6.11. The summed E-state index contributed by atoms with van der Waals surface area (Å²) in [7, 11) is 0. The molecule has 5 heteroatoms. The standard InChI is InChI=1S/C25H20N2O3/c28-23-18-10-4-5-11-19(18)24-27(26-23)25(14-15-25)22(30-24)20-12-6-7-13-21(20)29-16-17-8-2-1-3-9-17/h1-13,22H,14-16H2. The third kappa shape index (κ3) is 2.55. The fraction of sp³-hybridized carbons (Fsp3) is 0.200. The number of hydrogen-bond donors (Lipinski definition) is 0. The molecule has 2 heterocycles. The molecule has 1 atom stereocenters. The lowest BCUT2D eigenvalue weighted by atomic mass is 10.00. The van der Waals surface area contributed by atoms with E-state index in [4.69, 9.17) is 9.47 Å². The second-order valence-electron chi connectivity index (χ2n) is 7.98. The maximum absolute atomic E-state index is 12.6. The Hall–Kier alpha value is -3.60. The average Bonchev–Trinajstić information content (AvgIpc) is 3.53. The van der Waals surface area contributed by atoms with Gasteiger partial charge >= 0.3 is 5.88 Å². The minimum absolute atomic E-state index is 0.210. The molecule has 1 unspecified atom stereocenters. The van der Waals surface area contributed by atoms with Gasteiger partial charge in [0.25, 0.3) is 0 Å². The van der Waals surface area contributed by atoms with E-state index < -0.39 is 0 Å². The zero-order chi connectivity index (χ0) is 20.1. The maximum Gasteiger partial charge on any atom is 0.403 e. The number of ether oxygens (including phenoxy) is 2. The first-order valence-electron chi connectivity index (χ1n) is 10.2. The third-order valence-electron chi connectivity index (χ3n) is 6.11. The van der Waals surface area contributed by atoms with Crippen molar-refractivity contribution in [3.8, 4) is 17.5 Å². The maximum atomic E-state index is 12.6. The highest BCUT2D eigenvalue weighted by molar-refractivity contribution is 5.89. The topological polar surface area (TPSA) is 58.3 Å². The number of benzene rings is 3. The minimum Gasteiger partial charge on any atom is -0.854 e. The zero-order valence-corrected chi connectivity index (χ0v) is 16.3. The molecule has 6 rings (SSSR count). The fourth-order valence-electron chi connectivity index (χ4n) is 4.43. The predicted molar refractivity (Wildman–Crippen MR) is 109 cm³/mol. The highest BCUT2D eigenvalue weighted by Gasteiger charge is 2.69. The molecule has 148 valence electrons. The first-order valence-corrected chi connectivity index (χ1v) is 10.2. The molecule has 4 aromatic rings. The van der Waals surface area contributed by atoms with E-state index in [-0.39, 0.29) is 17.5 Å². The molecule has 0 radical (unpaired) electrons. The summed E-state index contributed by atoms with van der Waals surface area (Å²) in [5.41, 5.74) is 1.79. The summed E-state index contributed by atoms with van der Waals surface area (Å²) in [4.78, 5) is 0. The highest BCUT2D eigenvalue weighted by Crippen LogP contribution is 2.57. The molecule has 3 aromatic carbocycles. The van der Waals surface area contributed by atoms with Crippen LogP contribution in [-0.4, -0.2) is 5.10 Å². The van der Waals surface area contributed by atoms with Crippen LogP contribution in [-0.2, 0) is 12.1 Å². The Morgan fingerprint density at radius 3 is 2.43 bits per heavy atom. The summed E-state index contributed by atoms with van der Waals surface area (Å²) in [6.45, 7) is 0.490. The van der Waals surface area contributed by atoms with Crippen molar-refractivity contribution in [2.45, 2.75) is 31.1 Å². The van der Waals surface area contributed by atoms with Gasteiger partial charge in [0.05, 0.1) is 11.3 Å². The lowest BCUT2D eigenvalue weighted by Crippen LogP contribution is -2.48. The van der Waals surface area contributed by atoms with Crippen molar-refractivity contribution in [2.24, 2.45) is 0 Å². The lowest BCUT2D eigenvalue weighted by Gasteiger charge is -2.17. The van der Waals surface area contributed by atoms with E-state index in [1.807, 2.05) is 59.3 Å². The zero-order valence-electron chi connectivity index (χ0n) is 16.3. The van der Waals surface area contributed by atoms with E-state index in [1.165, 1.54) is 0 Å². The molecule has 0 bridgehead atoms. The van der Waals surface area contributed by atoms with Gasteiger partial charge in [0.2, 0.25) is 11.6 Å². The van der Waals surface area contributed by atoms with E-state index in [0.717, 1.165) is 35.1 Å². The van der Waals surface area contributed by atoms with E-state index >= 15 is 0 Å². The summed E-state index contributed by atoms with van der Waals surface area (Å²) >= 11 is 0. The molecule has 1 aromatic heterocycles. The van der Waals surface area contributed by atoms with Crippen molar-refractivity contribution in [2.75, 3.05) is 0 Å². The molecule has 1 spiro atoms. The van der Waals surface area contributed by atoms with Gasteiger partial charge in [-0.25, -0.2) is 0 Å². The predicted octanol–water partition coefficient (Wildman–Crippen LogP) is 3.80. The van der Waals surface area contributed by atoms with Gasteiger partial charge < -0.3 is 14.6 Å². The van der Waals surface area contributed by atoms with Gasteiger partial charge in [-0.05, 0) is 27.5 Å². The summed E-state index contributed by atoms with van der Waals surface area (Å²) in [6.07, 6.45) is 1.61. The molecule has 0 amide bonds. The van der Waals surface area contributed by atoms with Crippen molar-refractivity contribution in [1.82, 2.24) is 5.10 Å². The van der Waals surface area contributed by atoms with Crippen molar-refractivity contribution < 1.29 is 19.3 Å². The Kier molecular flexibility index (Phi) is 3.72. The monoisotopic (exact) mass is 396 g/mol. The normalized spacial score (nSPS) is 18.2. The molecule has 1 aliphatic heterocycles. The number of rotatable bonds is 4. The van der Waals surface area contributed by atoms with Gasteiger partial charge in [0.1, 0.15) is 12.4 Å². The second-order valence-corrected chi connectivity index (χ2v) is 7.98. The van der Waals surface area contributed by atoms with Gasteiger partial charge in [0, 0.05) is 23.8 Å². The van der Waals surface area contributed by atoms with Crippen LogP contribution in [0.15, 0.2) is 78.9 Å². The quantitative estimate of drug-likeness (QED) is 0.493. The number of nitrogens with zero attached hydrogens (tertiary/aromatic N) is 2. The van der Waals surface area contributed by atoms with E-state index in [0.29, 0.717) is 17.9 Å². The van der Waals surface area contributed by atoms with Crippen LogP contribution in [0.2, 0.25) is 0 Å². The van der Waals surface area contributed by atoms with Crippen LogP contribution in [0.25, 0.3) is 10.8 Å². The Morgan fingerprint density at radius 1 is 0.933 bits per heavy atom. The van der Waals surface area contributed by atoms with Crippen LogP contribution >= 0.6 is 0 Å². The van der Waals surface area contributed by atoms with Crippen LogP contribution in [0.1, 0.15) is 30.1 Å². The minimum atomic E-state index is -0.315. The van der Waals surface area contributed by atoms with E-state index in [9.17, 15) is 5.11 Å². The molecule has 2 aliphatic rings. The van der Waals surface area contributed by atoms with Gasteiger partial charge in [-0.2, -0.15) is 0 Å². The van der Waals surface area contributed by atoms with Crippen LogP contribution in [0, 0.1) is 0 Å². The molecule has 30 heavy (non-hydrogen) atoms. The Morgan fingerprint density at radius 2 is 1.63 bits per heavy atom. The molecule has 0 N–H and O–H groups in total. The Labute approximate surface area is 174 Å². The number of fused-ring (bicyclic) bond motifs is 4. The molecular weight excluding hydrogens is 376 g/mol. The fourth-order valence-corrected chi connectivity index (χ4v) is 4.43. The van der Waals surface area contributed by atoms with Crippen molar-refractivity contribution in [3.63, 3.8) is 0 Å². The van der Waals surface area contributed by atoms with Crippen LogP contribution in [0.5, 0.6) is 17.5 Å². The Balaban J connectivity index is 1.40. The average molecular weight is 396 g/mol. The molecule has 1 saturated carbocycles. The molecule has 0 saturated heterocycles. The Bertz CT molecular complexity index is 1250. The summed E-state index contributed by atoms with van der Waals surface area (Å²) in [5.74, 6) is 1.27. The van der Waals surface area contributed by atoms with Gasteiger partial charge in [-0.15, -0.1) is 0 Å². The van der Waals surface area contributed by atoms with E-state index in [2.05, 4.69) is 23.3 Å². The largest absolute Gasteiger partial charge is 0.854 e. The summed E-state index contributed by atoms with van der Waals surface area (Å²) in [5, 5.41) is 18.4. The summed E-state index contributed by atoms with van der Waals surface area (Å²) in [6, 6.07) is 25.6. The molecule has 5 nitrogen and oxygen atoms in total. The molecule has 1 aliphatic carbocycles. The van der Waals surface area contributed by atoms with Gasteiger partial charge in [-0.3, -0.25) is 0 Å². The van der Waals surface area contributed by atoms with Crippen molar-refractivity contribution in [1.29, 1.82) is 0 Å². The van der Waals surface area contributed by atoms with Crippen LogP contribution in [0.4, 0.5) is 0 Å². The SMILES string of the molecule is [O-]c1n[n+]2c(c3ccccc13)OC(c1ccccc1OCc1ccccc1)C21CC1. The smallest absolute Gasteiger partial charge is 0.403 e. The van der Waals surface area contributed by atoms with Gasteiger partial charge in [-0.1, -0.05) is 66.7 Å². The molecule has 1 fully saturated rings. The number of para-hydroxylation sites is 1. The first-order chi connectivity index (χ1) is 14.8. The van der Waals surface area contributed by atoms with Crippen LogP contribution < -0.4 is 19.3 Å². The summed E-state index contributed by atoms with van der Waals surface area (Å²) < 4.78 is 14.5. The lowest BCUT2D eigenvalue weighted by molar-refractivity contribution is -0.780. The second kappa shape index (κ2) is 6.46. The number of aromatic nitrogens is 2. The van der Waals surface area contributed by atoms with Gasteiger partial charge in [0.15, 0.2) is 0 Å².